The fourth-order valence-electron chi connectivity index (χ4n) is 3.48. The standard InChI is InChI=1S/C22H35N3O5S/c1-6-8-18-9-10-21-19(12-18)30-20(14-24(5)22(27)23-11-7-2)16(3)13-25(17(4)15-26)31(21,28)29/h6,8-10,12,16-17,20,26H,7,11,13-15H2,1-5H3,(H,23,27)/t16-,17+,20-/m1/s1. The summed E-state index contributed by atoms with van der Waals surface area (Å²) in [5, 5.41) is 12.5. The Bertz CT molecular complexity index is 887. The maximum Gasteiger partial charge on any atom is 0.317 e. The maximum absolute atomic E-state index is 13.4. The first-order valence-corrected chi connectivity index (χ1v) is 12.1. The van der Waals surface area contributed by atoms with E-state index in [0.29, 0.717) is 13.1 Å². The Balaban J connectivity index is 2.47. The fraction of sp³-hybridized carbons (Fsp3) is 0.591. The van der Waals surface area contributed by atoms with Gasteiger partial charge in [0.1, 0.15) is 16.7 Å². The molecule has 2 rings (SSSR count). The topological polar surface area (TPSA) is 99.2 Å². The van der Waals surface area contributed by atoms with E-state index in [2.05, 4.69) is 5.32 Å². The molecule has 0 saturated carbocycles. The first kappa shape index (κ1) is 25.2. The molecule has 0 spiro atoms. The molecule has 174 valence electrons. The van der Waals surface area contributed by atoms with Crippen molar-refractivity contribution in [3.05, 3.63) is 29.8 Å². The first-order chi connectivity index (χ1) is 14.6. The lowest BCUT2D eigenvalue weighted by atomic mass is 10.0. The van der Waals surface area contributed by atoms with Crippen LogP contribution in [-0.4, -0.2) is 74.2 Å². The van der Waals surface area contributed by atoms with E-state index in [4.69, 9.17) is 4.74 Å². The summed E-state index contributed by atoms with van der Waals surface area (Å²) in [6.07, 6.45) is 4.14. The number of benzene rings is 1. The van der Waals surface area contributed by atoms with Crippen molar-refractivity contribution in [1.29, 1.82) is 0 Å². The van der Waals surface area contributed by atoms with Crippen LogP contribution < -0.4 is 10.1 Å². The molecule has 0 unspecified atom stereocenters. The number of ether oxygens (including phenoxy) is 1. The van der Waals surface area contributed by atoms with E-state index >= 15 is 0 Å². The van der Waals surface area contributed by atoms with Gasteiger partial charge in [0.15, 0.2) is 0 Å². The third kappa shape index (κ3) is 5.99. The van der Waals surface area contributed by atoms with Crippen LogP contribution in [0.3, 0.4) is 0 Å². The number of rotatable bonds is 7. The Morgan fingerprint density at radius 2 is 2.16 bits per heavy atom. The van der Waals surface area contributed by atoms with Gasteiger partial charge in [-0.25, -0.2) is 13.2 Å². The number of likely N-dealkylation sites (N-methyl/N-ethyl adjacent to an activating group) is 1. The highest BCUT2D eigenvalue weighted by Gasteiger charge is 2.38. The van der Waals surface area contributed by atoms with Crippen LogP contribution in [0.5, 0.6) is 5.75 Å². The number of hydrogen-bond acceptors (Lipinski definition) is 5. The monoisotopic (exact) mass is 453 g/mol. The van der Waals surface area contributed by atoms with Crippen LogP contribution in [0.1, 0.15) is 39.7 Å². The van der Waals surface area contributed by atoms with Gasteiger partial charge in [0, 0.05) is 32.1 Å². The normalized spacial score (nSPS) is 22.1. The van der Waals surface area contributed by atoms with Crippen molar-refractivity contribution in [3.8, 4) is 5.75 Å². The number of nitrogens with zero attached hydrogens (tertiary/aromatic N) is 2. The minimum Gasteiger partial charge on any atom is -0.487 e. The van der Waals surface area contributed by atoms with Crippen molar-refractivity contribution >= 4 is 22.1 Å². The lowest BCUT2D eigenvalue weighted by Crippen LogP contribution is -2.51. The molecule has 9 heteroatoms. The number of nitrogens with one attached hydrogen (secondary N) is 1. The molecule has 0 fully saturated rings. The Morgan fingerprint density at radius 3 is 2.77 bits per heavy atom. The lowest BCUT2D eigenvalue weighted by molar-refractivity contribution is 0.0812. The van der Waals surface area contributed by atoms with Gasteiger partial charge in [-0.3, -0.25) is 0 Å². The Morgan fingerprint density at radius 1 is 1.45 bits per heavy atom. The summed E-state index contributed by atoms with van der Waals surface area (Å²) in [5.74, 6) is 0.0355. The van der Waals surface area contributed by atoms with Gasteiger partial charge in [-0.05, 0) is 38.0 Å². The van der Waals surface area contributed by atoms with E-state index in [1.165, 1.54) is 4.31 Å². The summed E-state index contributed by atoms with van der Waals surface area (Å²) in [7, 11) is -2.17. The molecule has 0 radical (unpaired) electrons. The van der Waals surface area contributed by atoms with E-state index in [0.717, 1.165) is 12.0 Å². The third-order valence-electron chi connectivity index (χ3n) is 5.38. The molecule has 31 heavy (non-hydrogen) atoms. The zero-order chi connectivity index (χ0) is 23.2. The maximum atomic E-state index is 13.4. The van der Waals surface area contributed by atoms with Crippen LogP contribution >= 0.6 is 0 Å². The average Bonchev–Trinajstić information content (AvgIpc) is 2.73. The van der Waals surface area contributed by atoms with Gasteiger partial charge in [0.2, 0.25) is 10.0 Å². The Kier molecular flexibility index (Phi) is 8.90. The second-order valence-electron chi connectivity index (χ2n) is 8.06. The van der Waals surface area contributed by atoms with Gasteiger partial charge in [-0.15, -0.1) is 0 Å². The molecular formula is C22H35N3O5S. The number of hydrogen-bond donors (Lipinski definition) is 2. The highest BCUT2D eigenvalue weighted by molar-refractivity contribution is 7.89. The predicted octanol–water partition coefficient (Wildman–Crippen LogP) is 2.54. The summed E-state index contributed by atoms with van der Waals surface area (Å²) >= 11 is 0. The van der Waals surface area contributed by atoms with Gasteiger partial charge >= 0.3 is 6.03 Å². The van der Waals surface area contributed by atoms with Crippen molar-refractivity contribution in [2.75, 3.05) is 33.3 Å². The minimum atomic E-state index is -3.87. The van der Waals surface area contributed by atoms with Gasteiger partial charge in [0.05, 0.1) is 13.2 Å². The van der Waals surface area contributed by atoms with Gasteiger partial charge in [0.25, 0.3) is 0 Å². The molecule has 1 aromatic carbocycles. The molecule has 2 amide bonds. The number of fused-ring (bicyclic) bond motifs is 1. The largest absolute Gasteiger partial charge is 0.487 e. The summed E-state index contributed by atoms with van der Waals surface area (Å²) < 4.78 is 34.3. The van der Waals surface area contributed by atoms with E-state index in [1.54, 1.807) is 37.1 Å². The van der Waals surface area contributed by atoms with Crippen molar-refractivity contribution in [1.82, 2.24) is 14.5 Å². The van der Waals surface area contributed by atoms with Crippen LogP contribution in [0.2, 0.25) is 0 Å². The highest BCUT2D eigenvalue weighted by atomic mass is 32.2. The van der Waals surface area contributed by atoms with Gasteiger partial charge < -0.3 is 20.1 Å². The number of aliphatic hydroxyl groups is 1. The molecule has 3 atom stereocenters. The average molecular weight is 454 g/mol. The molecular weight excluding hydrogens is 418 g/mol. The molecule has 2 N–H and O–H groups in total. The number of urea groups is 1. The molecule has 0 aromatic heterocycles. The number of carbonyl (C=O) groups excluding carboxylic acids is 1. The summed E-state index contributed by atoms with van der Waals surface area (Å²) in [4.78, 5) is 14.0. The lowest BCUT2D eigenvalue weighted by Gasteiger charge is -2.37. The molecule has 0 aliphatic carbocycles. The van der Waals surface area contributed by atoms with Crippen molar-refractivity contribution in [2.45, 2.75) is 51.2 Å². The SMILES string of the molecule is CC=Cc1ccc2c(c1)O[C@H](CN(C)C(=O)NCCC)[C@H](C)CN([C@@H](C)CO)S2(=O)=O. The number of amides is 2. The smallest absolute Gasteiger partial charge is 0.317 e. The van der Waals surface area contributed by atoms with E-state index in [9.17, 15) is 18.3 Å². The van der Waals surface area contributed by atoms with E-state index < -0.39 is 22.2 Å². The van der Waals surface area contributed by atoms with Crippen LogP contribution in [0.4, 0.5) is 4.79 Å². The van der Waals surface area contributed by atoms with Crippen molar-refractivity contribution in [2.24, 2.45) is 5.92 Å². The summed E-state index contributed by atoms with van der Waals surface area (Å²) in [5.41, 5.74) is 0.819. The van der Waals surface area contributed by atoms with Crippen LogP contribution in [-0.2, 0) is 10.0 Å². The summed E-state index contributed by atoms with van der Waals surface area (Å²) in [6, 6.07) is 4.19. The number of sulfonamides is 1. The van der Waals surface area contributed by atoms with E-state index in [1.807, 2.05) is 32.9 Å². The molecule has 1 aliphatic rings. The van der Waals surface area contributed by atoms with Gasteiger partial charge in [-0.1, -0.05) is 32.1 Å². The van der Waals surface area contributed by atoms with E-state index in [-0.39, 0.29) is 35.7 Å². The Hall–Kier alpha value is -2.10. The Labute approximate surface area is 185 Å². The van der Waals surface area contributed by atoms with Gasteiger partial charge in [-0.2, -0.15) is 4.31 Å². The second kappa shape index (κ2) is 11.0. The highest BCUT2D eigenvalue weighted by Crippen LogP contribution is 2.34. The first-order valence-electron chi connectivity index (χ1n) is 10.7. The number of allylic oxidation sites excluding steroid dienone is 1. The number of aliphatic hydroxyl groups excluding tert-OH is 1. The third-order valence-corrected chi connectivity index (χ3v) is 7.40. The van der Waals surface area contributed by atoms with Crippen LogP contribution in [0, 0.1) is 5.92 Å². The van der Waals surface area contributed by atoms with Crippen molar-refractivity contribution < 1.29 is 23.1 Å². The molecule has 1 heterocycles. The molecule has 0 saturated heterocycles. The molecule has 1 aromatic rings. The van der Waals surface area contributed by atoms with Crippen LogP contribution in [0.25, 0.3) is 6.08 Å². The zero-order valence-electron chi connectivity index (χ0n) is 19.0. The zero-order valence-corrected chi connectivity index (χ0v) is 19.9. The van der Waals surface area contributed by atoms with Crippen LogP contribution in [0.15, 0.2) is 29.2 Å². The number of carbonyl (C=O) groups is 1. The second-order valence-corrected chi connectivity index (χ2v) is 9.92. The molecule has 8 nitrogen and oxygen atoms in total. The quantitative estimate of drug-likeness (QED) is 0.661. The predicted molar refractivity (Wildman–Crippen MR) is 121 cm³/mol. The summed E-state index contributed by atoms with van der Waals surface area (Å²) in [6.45, 7) is 8.21. The molecule has 1 aliphatic heterocycles. The molecule has 0 bridgehead atoms. The fourth-order valence-corrected chi connectivity index (χ4v) is 5.30. The minimum absolute atomic E-state index is 0.0658. The van der Waals surface area contributed by atoms with Crippen molar-refractivity contribution in [3.63, 3.8) is 0 Å².